The molecule has 0 heterocycles. The molecule has 0 aromatic heterocycles. The number of carboxylic acid groups (broad SMARTS) is 1. The SMILES string of the molecule is O=C(O)CC[C@@H](CC1CCCC1)NC(=O)CCCCCCc1ccccc1. The minimum absolute atomic E-state index is 0.0229. The van der Waals surface area contributed by atoms with Crippen molar-refractivity contribution in [2.75, 3.05) is 0 Å². The van der Waals surface area contributed by atoms with Gasteiger partial charge in [-0.1, -0.05) is 68.9 Å². The van der Waals surface area contributed by atoms with E-state index in [1.54, 1.807) is 0 Å². The van der Waals surface area contributed by atoms with E-state index in [0.29, 0.717) is 18.8 Å². The molecule has 0 saturated heterocycles. The van der Waals surface area contributed by atoms with Gasteiger partial charge in [-0.2, -0.15) is 0 Å². The fourth-order valence-electron chi connectivity index (χ4n) is 4.11. The lowest BCUT2D eigenvalue weighted by Crippen LogP contribution is -2.36. The minimum atomic E-state index is -0.779. The van der Waals surface area contributed by atoms with Crippen LogP contribution in [0, 0.1) is 5.92 Å². The molecule has 0 unspecified atom stereocenters. The Morgan fingerprint density at radius 1 is 1.00 bits per heavy atom. The van der Waals surface area contributed by atoms with Crippen LogP contribution in [0.5, 0.6) is 0 Å². The number of benzene rings is 1. The van der Waals surface area contributed by atoms with Gasteiger partial charge in [0.1, 0.15) is 0 Å². The van der Waals surface area contributed by atoms with Gasteiger partial charge in [0.2, 0.25) is 5.91 Å². The summed E-state index contributed by atoms with van der Waals surface area (Å²) in [4.78, 5) is 23.2. The number of carboxylic acids is 1. The number of aliphatic carboxylic acids is 1. The standard InChI is InChI=1S/C23H35NO3/c25-22(15-7-2-1-4-10-19-11-5-3-6-12-19)24-21(16-17-23(26)27)18-20-13-8-9-14-20/h3,5-6,11-12,20-21H,1-2,4,7-10,13-18H2,(H,24,25)(H,26,27)/t21-/m0/s1. The van der Waals surface area contributed by atoms with Gasteiger partial charge in [-0.3, -0.25) is 9.59 Å². The molecule has 4 heteroatoms. The number of aryl methyl sites for hydroxylation is 1. The Morgan fingerprint density at radius 2 is 1.70 bits per heavy atom. The van der Waals surface area contributed by atoms with Gasteiger partial charge in [0.15, 0.2) is 0 Å². The van der Waals surface area contributed by atoms with Crippen LogP contribution in [-0.4, -0.2) is 23.0 Å². The molecule has 0 bridgehead atoms. The maximum atomic E-state index is 12.3. The number of rotatable bonds is 13. The van der Waals surface area contributed by atoms with Crippen molar-refractivity contribution in [2.45, 2.75) is 89.5 Å². The van der Waals surface area contributed by atoms with E-state index in [9.17, 15) is 9.59 Å². The third-order valence-corrected chi connectivity index (χ3v) is 5.63. The number of unbranched alkanes of at least 4 members (excludes halogenated alkanes) is 3. The molecule has 0 spiro atoms. The van der Waals surface area contributed by atoms with Gasteiger partial charge in [0, 0.05) is 18.9 Å². The second-order valence-corrected chi connectivity index (χ2v) is 7.98. The first-order valence-electron chi connectivity index (χ1n) is 10.7. The second-order valence-electron chi connectivity index (χ2n) is 7.98. The van der Waals surface area contributed by atoms with E-state index in [2.05, 4.69) is 29.6 Å². The molecule has 0 aliphatic heterocycles. The molecule has 1 saturated carbocycles. The summed E-state index contributed by atoms with van der Waals surface area (Å²) < 4.78 is 0. The highest BCUT2D eigenvalue weighted by atomic mass is 16.4. The van der Waals surface area contributed by atoms with Crippen LogP contribution in [0.2, 0.25) is 0 Å². The fourth-order valence-corrected chi connectivity index (χ4v) is 4.11. The van der Waals surface area contributed by atoms with Crippen LogP contribution in [0.25, 0.3) is 0 Å². The van der Waals surface area contributed by atoms with Gasteiger partial charge < -0.3 is 10.4 Å². The van der Waals surface area contributed by atoms with E-state index in [1.807, 2.05) is 6.07 Å². The van der Waals surface area contributed by atoms with Crippen LogP contribution in [0.15, 0.2) is 30.3 Å². The van der Waals surface area contributed by atoms with Gasteiger partial charge >= 0.3 is 5.97 Å². The number of nitrogens with one attached hydrogen (secondary N) is 1. The summed E-state index contributed by atoms with van der Waals surface area (Å²) in [5, 5.41) is 12.1. The maximum Gasteiger partial charge on any atom is 0.303 e. The van der Waals surface area contributed by atoms with Crippen LogP contribution >= 0.6 is 0 Å². The van der Waals surface area contributed by atoms with Crippen molar-refractivity contribution in [1.29, 1.82) is 0 Å². The zero-order chi connectivity index (χ0) is 19.3. The first kappa shape index (κ1) is 21.5. The van der Waals surface area contributed by atoms with Gasteiger partial charge in [0.05, 0.1) is 0 Å². The number of amides is 1. The molecule has 150 valence electrons. The van der Waals surface area contributed by atoms with Gasteiger partial charge in [-0.15, -0.1) is 0 Å². The summed E-state index contributed by atoms with van der Waals surface area (Å²) in [6.07, 6.45) is 12.6. The lowest BCUT2D eigenvalue weighted by molar-refractivity contribution is -0.137. The Hall–Kier alpha value is -1.84. The number of carbonyl (C=O) groups excluding carboxylic acids is 1. The number of carbonyl (C=O) groups is 2. The van der Waals surface area contributed by atoms with E-state index < -0.39 is 5.97 Å². The van der Waals surface area contributed by atoms with Crippen molar-refractivity contribution in [1.82, 2.24) is 5.32 Å². The van der Waals surface area contributed by atoms with E-state index in [1.165, 1.54) is 31.2 Å². The van der Waals surface area contributed by atoms with Crippen LogP contribution in [0.3, 0.4) is 0 Å². The molecule has 1 fully saturated rings. The summed E-state index contributed by atoms with van der Waals surface area (Å²) >= 11 is 0. The molecule has 1 aliphatic rings. The Kier molecular flexibility index (Phi) is 9.96. The normalized spacial score (nSPS) is 15.6. The highest BCUT2D eigenvalue weighted by molar-refractivity contribution is 5.76. The molecule has 4 nitrogen and oxygen atoms in total. The molecule has 2 N–H and O–H groups in total. The molecule has 1 amide bonds. The van der Waals surface area contributed by atoms with Crippen LogP contribution in [-0.2, 0) is 16.0 Å². The quantitative estimate of drug-likeness (QED) is 0.472. The Bertz CT molecular complexity index is 552. The number of hydrogen-bond acceptors (Lipinski definition) is 2. The lowest BCUT2D eigenvalue weighted by atomic mass is 9.95. The molecule has 1 aliphatic carbocycles. The van der Waals surface area contributed by atoms with Crippen molar-refractivity contribution in [3.05, 3.63) is 35.9 Å². The smallest absolute Gasteiger partial charge is 0.303 e. The summed E-state index contributed by atoms with van der Waals surface area (Å²) in [5.74, 6) is -0.0346. The topological polar surface area (TPSA) is 66.4 Å². The van der Waals surface area contributed by atoms with Gasteiger partial charge in [0.25, 0.3) is 0 Å². The summed E-state index contributed by atoms with van der Waals surface area (Å²) in [6, 6.07) is 10.5. The zero-order valence-corrected chi connectivity index (χ0v) is 16.5. The van der Waals surface area contributed by atoms with E-state index >= 15 is 0 Å². The first-order chi connectivity index (χ1) is 13.1. The predicted molar refractivity (Wildman–Crippen MR) is 109 cm³/mol. The largest absolute Gasteiger partial charge is 0.481 e. The first-order valence-corrected chi connectivity index (χ1v) is 10.7. The summed E-state index contributed by atoms with van der Waals surface area (Å²) in [6.45, 7) is 0. The van der Waals surface area contributed by atoms with Crippen molar-refractivity contribution in [3.63, 3.8) is 0 Å². The molecular weight excluding hydrogens is 338 g/mol. The Morgan fingerprint density at radius 3 is 2.41 bits per heavy atom. The van der Waals surface area contributed by atoms with Crippen molar-refractivity contribution in [2.24, 2.45) is 5.92 Å². The molecule has 1 atom stereocenters. The highest BCUT2D eigenvalue weighted by Gasteiger charge is 2.22. The van der Waals surface area contributed by atoms with Crippen molar-refractivity contribution in [3.8, 4) is 0 Å². The average molecular weight is 374 g/mol. The molecule has 1 aromatic rings. The average Bonchev–Trinajstić information content (AvgIpc) is 3.16. The van der Waals surface area contributed by atoms with Crippen molar-refractivity contribution < 1.29 is 14.7 Å². The lowest BCUT2D eigenvalue weighted by Gasteiger charge is -2.21. The summed E-state index contributed by atoms with van der Waals surface area (Å²) in [7, 11) is 0. The van der Waals surface area contributed by atoms with E-state index in [0.717, 1.165) is 38.5 Å². The second kappa shape index (κ2) is 12.5. The Labute approximate surface area is 163 Å². The third-order valence-electron chi connectivity index (χ3n) is 5.63. The third kappa shape index (κ3) is 9.60. The van der Waals surface area contributed by atoms with Gasteiger partial charge in [-0.05, 0) is 43.6 Å². The van der Waals surface area contributed by atoms with Crippen LogP contribution in [0.4, 0.5) is 0 Å². The molecule has 1 aromatic carbocycles. The monoisotopic (exact) mass is 373 g/mol. The fraction of sp³-hybridized carbons (Fsp3) is 0.652. The van der Waals surface area contributed by atoms with E-state index in [-0.39, 0.29) is 18.4 Å². The van der Waals surface area contributed by atoms with Crippen LogP contribution < -0.4 is 5.32 Å². The predicted octanol–water partition coefficient (Wildman–Crippen LogP) is 5.11. The van der Waals surface area contributed by atoms with Gasteiger partial charge in [-0.25, -0.2) is 0 Å². The minimum Gasteiger partial charge on any atom is -0.481 e. The molecular formula is C23H35NO3. The molecule has 0 radical (unpaired) electrons. The molecule has 27 heavy (non-hydrogen) atoms. The molecule has 2 rings (SSSR count). The Balaban J connectivity index is 1.59. The highest BCUT2D eigenvalue weighted by Crippen LogP contribution is 2.29. The number of hydrogen-bond donors (Lipinski definition) is 2. The maximum absolute atomic E-state index is 12.3. The zero-order valence-electron chi connectivity index (χ0n) is 16.5. The van der Waals surface area contributed by atoms with E-state index in [4.69, 9.17) is 5.11 Å². The summed E-state index contributed by atoms with van der Waals surface area (Å²) in [5.41, 5.74) is 1.38. The van der Waals surface area contributed by atoms with Crippen LogP contribution in [0.1, 0.15) is 82.6 Å². The van der Waals surface area contributed by atoms with Crippen molar-refractivity contribution >= 4 is 11.9 Å².